The maximum Gasteiger partial charge on any atom is 0.341 e. The minimum absolute atomic E-state index is 0.157. The van der Waals surface area contributed by atoms with Crippen molar-refractivity contribution in [1.82, 2.24) is 4.90 Å². The molecule has 0 spiro atoms. The molecule has 0 saturated heterocycles. The van der Waals surface area contributed by atoms with Crippen LogP contribution in [0.4, 0.5) is 0 Å². The van der Waals surface area contributed by atoms with E-state index in [1.54, 1.807) is 26.2 Å². The van der Waals surface area contributed by atoms with Gasteiger partial charge in [0.15, 0.2) is 0 Å². The minimum atomic E-state index is -1.28. The van der Waals surface area contributed by atoms with E-state index >= 15 is 0 Å². The van der Waals surface area contributed by atoms with Crippen molar-refractivity contribution in [3.63, 3.8) is 0 Å². The average Bonchev–Trinajstić information content (AvgIpc) is 2.41. The Hall–Kier alpha value is -2.30. The Kier molecular flexibility index (Phi) is 5.73. The van der Waals surface area contributed by atoms with Gasteiger partial charge in [-0.05, 0) is 23.0 Å². The van der Waals surface area contributed by atoms with Crippen LogP contribution in [-0.2, 0) is 15.6 Å². The second-order valence-electron chi connectivity index (χ2n) is 8.56. The van der Waals surface area contributed by atoms with Gasteiger partial charge in [0, 0.05) is 37.0 Å². The standard InChI is InChI=1S/C20H29NO4/c1-19(2,3)14-9-12(10-15(17(14)23)20(4,5)6)16(22)13(18(24)25)11-21(7)8/h9-11,23H,1-8H3,(H,24,25). The second-order valence-corrected chi connectivity index (χ2v) is 8.56. The maximum absolute atomic E-state index is 12.8. The lowest BCUT2D eigenvalue weighted by Gasteiger charge is -2.28. The van der Waals surface area contributed by atoms with Gasteiger partial charge in [0.05, 0.1) is 0 Å². The van der Waals surface area contributed by atoms with E-state index in [0.29, 0.717) is 11.1 Å². The number of carbonyl (C=O) groups is 2. The van der Waals surface area contributed by atoms with Crippen LogP contribution >= 0.6 is 0 Å². The minimum Gasteiger partial charge on any atom is -0.507 e. The number of phenolic OH excluding ortho intramolecular Hbond substituents is 1. The van der Waals surface area contributed by atoms with Crippen LogP contribution in [0.5, 0.6) is 5.75 Å². The molecule has 0 heterocycles. The highest BCUT2D eigenvalue weighted by molar-refractivity contribution is 6.23. The highest BCUT2D eigenvalue weighted by atomic mass is 16.4. The third-order valence-corrected chi connectivity index (χ3v) is 3.85. The zero-order chi connectivity index (χ0) is 19.7. The molecule has 5 heteroatoms. The summed E-state index contributed by atoms with van der Waals surface area (Å²) in [5.74, 6) is -1.69. The summed E-state index contributed by atoms with van der Waals surface area (Å²) in [5, 5.41) is 20.1. The van der Waals surface area contributed by atoms with E-state index in [2.05, 4.69) is 0 Å². The summed E-state index contributed by atoms with van der Waals surface area (Å²) < 4.78 is 0. The fraction of sp³-hybridized carbons (Fsp3) is 0.500. The number of phenols is 1. The number of benzene rings is 1. The van der Waals surface area contributed by atoms with Crippen molar-refractivity contribution in [1.29, 1.82) is 0 Å². The molecule has 5 nitrogen and oxygen atoms in total. The van der Waals surface area contributed by atoms with E-state index in [1.807, 2.05) is 41.5 Å². The normalized spacial score (nSPS) is 12.9. The quantitative estimate of drug-likeness (QED) is 0.376. The zero-order valence-electron chi connectivity index (χ0n) is 16.4. The van der Waals surface area contributed by atoms with Gasteiger partial charge in [0.1, 0.15) is 11.3 Å². The fourth-order valence-corrected chi connectivity index (χ4v) is 2.53. The topological polar surface area (TPSA) is 77.8 Å². The molecule has 0 bridgehead atoms. The predicted octanol–water partition coefficient (Wildman–Crippen LogP) is 3.70. The summed E-state index contributed by atoms with van der Waals surface area (Å²) in [5.41, 5.74) is 0.415. The summed E-state index contributed by atoms with van der Waals surface area (Å²) in [6, 6.07) is 3.19. The third-order valence-electron chi connectivity index (χ3n) is 3.85. The van der Waals surface area contributed by atoms with Crippen LogP contribution in [0.1, 0.15) is 63.0 Å². The molecule has 0 aliphatic heterocycles. The zero-order valence-corrected chi connectivity index (χ0v) is 16.4. The van der Waals surface area contributed by atoms with E-state index in [-0.39, 0.29) is 16.9 Å². The number of hydrogen-bond acceptors (Lipinski definition) is 4. The van der Waals surface area contributed by atoms with E-state index in [4.69, 9.17) is 0 Å². The Labute approximate surface area is 150 Å². The van der Waals surface area contributed by atoms with Crippen molar-refractivity contribution < 1.29 is 19.8 Å². The molecule has 0 unspecified atom stereocenters. The Morgan fingerprint density at radius 3 is 1.64 bits per heavy atom. The van der Waals surface area contributed by atoms with Gasteiger partial charge >= 0.3 is 5.97 Å². The Morgan fingerprint density at radius 2 is 1.36 bits per heavy atom. The Bertz CT molecular complexity index is 681. The summed E-state index contributed by atoms with van der Waals surface area (Å²) >= 11 is 0. The van der Waals surface area contributed by atoms with E-state index in [9.17, 15) is 19.8 Å². The largest absolute Gasteiger partial charge is 0.507 e. The second kappa shape index (κ2) is 6.90. The highest BCUT2D eigenvalue weighted by Crippen LogP contribution is 2.40. The number of nitrogens with zero attached hydrogens (tertiary/aromatic N) is 1. The number of aliphatic carboxylic acids is 1. The number of carboxylic acids is 1. The van der Waals surface area contributed by atoms with Gasteiger partial charge < -0.3 is 15.1 Å². The Morgan fingerprint density at radius 1 is 0.960 bits per heavy atom. The average molecular weight is 347 g/mol. The highest BCUT2D eigenvalue weighted by Gasteiger charge is 2.29. The molecule has 0 aliphatic rings. The molecule has 25 heavy (non-hydrogen) atoms. The van der Waals surface area contributed by atoms with Crippen LogP contribution in [0.2, 0.25) is 0 Å². The molecule has 1 aromatic carbocycles. The van der Waals surface area contributed by atoms with Gasteiger partial charge in [-0.15, -0.1) is 0 Å². The summed E-state index contributed by atoms with van der Waals surface area (Å²) in [6.07, 6.45) is 1.30. The number of aromatic hydroxyl groups is 1. The number of rotatable bonds is 4. The first-order valence-electron chi connectivity index (χ1n) is 8.20. The number of carbonyl (C=O) groups excluding carboxylic acids is 1. The Balaban J connectivity index is 3.71. The lowest BCUT2D eigenvalue weighted by Crippen LogP contribution is -2.21. The molecule has 0 saturated carbocycles. The van der Waals surface area contributed by atoms with Crippen molar-refractivity contribution in [2.75, 3.05) is 14.1 Å². The van der Waals surface area contributed by atoms with E-state index in [1.165, 1.54) is 11.1 Å². The van der Waals surface area contributed by atoms with Crippen molar-refractivity contribution >= 4 is 11.8 Å². The van der Waals surface area contributed by atoms with Gasteiger partial charge in [-0.2, -0.15) is 0 Å². The lowest BCUT2D eigenvalue weighted by molar-refractivity contribution is -0.132. The van der Waals surface area contributed by atoms with E-state index < -0.39 is 22.6 Å². The third kappa shape index (κ3) is 4.84. The number of Topliss-reactive ketones (excluding diaryl/α,β-unsaturated/α-hetero) is 1. The van der Waals surface area contributed by atoms with E-state index in [0.717, 1.165) is 0 Å². The summed E-state index contributed by atoms with van der Waals surface area (Å²) in [6.45, 7) is 11.6. The number of carboxylic acid groups (broad SMARTS) is 1. The van der Waals surface area contributed by atoms with Gasteiger partial charge in [-0.1, -0.05) is 41.5 Å². The van der Waals surface area contributed by atoms with Crippen molar-refractivity contribution in [3.05, 3.63) is 40.6 Å². The van der Waals surface area contributed by atoms with Gasteiger partial charge in [0.25, 0.3) is 0 Å². The summed E-state index contributed by atoms with van der Waals surface area (Å²) in [7, 11) is 3.32. The van der Waals surface area contributed by atoms with Crippen molar-refractivity contribution in [2.45, 2.75) is 52.4 Å². The van der Waals surface area contributed by atoms with Crippen LogP contribution in [-0.4, -0.2) is 41.0 Å². The molecular weight excluding hydrogens is 318 g/mol. The van der Waals surface area contributed by atoms with Gasteiger partial charge in [-0.25, -0.2) is 4.79 Å². The predicted molar refractivity (Wildman–Crippen MR) is 99.2 cm³/mol. The molecule has 0 atom stereocenters. The van der Waals surface area contributed by atoms with Crippen molar-refractivity contribution in [2.24, 2.45) is 0 Å². The molecular formula is C20H29NO4. The first-order chi connectivity index (χ1) is 11.2. The first kappa shape index (κ1) is 20.7. The number of ketones is 1. The molecule has 2 N–H and O–H groups in total. The van der Waals surface area contributed by atoms with Crippen LogP contribution in [0.15, 0.2) is 23.9 Å². The molecule has 0 aliphatic carbocycles. The molecule has 138 valence electrons. The molecule has 0 aromatic heterocycles. The molecule has 1 aromatic rings. The van der Waals surface area contributed by atoms with Crippen LogP contribution < -0.4 is 0 Å². The molecule has 0 radical (unpaired) electrons. The summed E-state index contributed by atoms with van der Waals surface area (Å²) in [4.78, 5) is 25.9. The van der Waals surface area contributed by atoms with Crippen LogP contribution in [0.25, 0.3) is 0 Å². The smallest absolute Gasteiger partial charge is 0.341 e. The van der Waals surface area contributed by atoms with Gasteiger partial charge in [0.2, 0.25) is 5.78 Å². The SMILES string of the molecule is CN(C)C=C(C(=O)O)C(=O)c1cc(C(C)(C)C)c(O)c(C(C)(C)C)c1. The van der Waals surface area contributed by atoms with Crippen LogP contribution in [0.3, 0.4) is 0 Å². The monoisotopic (exact) mass is 347 g/mol. The number of hydrogen-bond donors (Lipinski definition) is 2. The molecule has 0 fully saturated rings. The lowest BCUT2D eigenvalue weighted by atomic mass is 9.77. The van der Waals surface area contributed by atoms with Gasteiger partial charge in [-0.3, -0.25) is 4.79 Å². The fourth-order valence-electron chi connectivity index (χ4n) is 2.53. The maximum atomic E-state index is 12.8. The first-order valence-corrected chi connectivity index (χ1v) is 8.20. The van der Waals surface area contributed by atoms with Crippen molar-refractivity contribution in [3.8, 4) is 5.75 Å². The van der Waals surface area contributed by atoms with Crippen LogP contribution in [0, 0.1) is 0 Å². The molecule has 1 rings (SSSR count). The molecule has 0 amide bonds.